The second-order valence-corrected chi connectivity index (χ2v) is 10.9. The summed E-state index contributed by atoms with van der Waals surface area (Å²) in [6.07, 6.45) is 1.24. The Morgan fingerprint density at radius 2 is 1.72 bits per heavy atom. The maximum Gasteiger partial charge on any atom is 0.315 e. The molecule has 0 saturated carbocycles. The Kier molecular flexibility index (Phi) is 9.94. The Morgan fingerprint density at radius 3 is 2.39 bits per heavy atom. The number of nitrogens with one attached hydrogen (secondary N) is 1. The first-order valence-corrected chi connectivity index (χ1v) is 14.6. The first-order valence-electron chi connectivity index (χ1n) is 13.9. The molecule has 0 bridgehead atoms. The molecule has 0 aliphatic heterocycles. The van der Waals surface area contributed by atoms with Gasteiger partial charge in [0.25, 0.3) is 0 Å². The summed E-state index contributed by atoms with van der Waals surface area (Å²) in [6.45, 7) is 4.14. The van der Waals surface area contributed by atoms with E-state index in [0.29, 0.717) is 27.1 Å². The number of hydrogen-bond acceptors (Lipinski definition) is 8. The van der Waals surface area contributed by atoms with Crippen molar-refractivity contribution in [1.29, 1.82) is 0 Å². The van der Waals surface area contributed by atoms with Gasteiger partial charge in [0.05, 0.1) is 18.2 Å². The standard InChI is InChI=1S/C33H28Cl2N4O7/c1-20-4-5-21(2)38(20)25-8-10-26(11-9-25)44-19-27-12-13-30(46-27)33(40)37-36-17-22-14-29(39(41)42)32(31(15-22)43-3)45-18-23-6-7-24(34)16-28(23)35/h4-17H,18-19H2,1-3H3,(H,37,40)/b36-17+. The number of carbonyl (C=O) groups is 1. The van der Waals surface area contributed by atoms with Gasteiger partial charge in [-0.3, -0.25) is 14.9 Å². The van der Waals surface area contributed by atoms with E-state index in [1.54, 1.807) is 24.3 Å². The highest BCUT2D eigenvalue weighted by atomic mass is 35.5. The van der Waals surface area contributed by atoms with Crippen molar-refractivity contribution >= 4 is 41.0 Å². The molecule has 0 aliphatic carbocycles. The summed E-state index contributed by atoms with van der Waals surface area (Å²) in [5, 5.41) is 16.6. The van der Waals surface area contributed by atoms with Crippen LogP contribution < -0.4 is 19.6 Å². The average molecular weight is 664 g/mol. The number of aryl methyl sites for hydroxylation is 2. The van der Waals surface area contributed by atoms with Gasteiger partial charge in [0.1, 0.15) is 24.7 Å². The molecule has 11 nitrogen and oxygen atoms in total. The highest BCUT2D eigenvalue weighted by Crippen LogP contribution is 2.39. The summed E-state index contributed by atoms with van der Waals surface area (Å²) in [4.78, 5) is 23.9. The maximum absolute atomic E-state index is 12.6. The number of amides is 1. The van der Waals surface area contributed by atoms with Gasteiger partial charge in [0, 0.05) is 44.3 Å². The predicted octanol–water partition coefficient (Wildman–Crippen LogP) is 7.83. The van der Waals surface area contributed by atoms with Crippen LogP contribution in [0.5, 0.6) is 17.2 Å². The minimum absolute atomic E-state index is 0.0119. The van der Waals surface area contributed by atoms with Crippen molar-refractivity contribution in [1.82, 2.24) is 9.99 Å². The lowest BCUT2D eigenvalue weighted by Crippen LogP contribution is -2.16. The lowest BCUT2D eigenvalue weighted by molar-refractivity contribution is -0.386. The summed E-state index contributed by atoms with van der Waals surface area (Å²) in [6, 6.07) is 22.5. The Balaban J connectivity index is 1.19. The molecule has 2 heterocycles. The van der Waals surface area contributed by atoms with Crippen LogP contribution in [0, 0.1) is 24.0 Å². The molecule has 0 spiro atoms. The monoisotopic (exact) mass is 662 g/mol. The fraction of sp³-hybridized carbons (Fsp3) is 0.152. The van der Waals surface area contributed by atoms with E-state index in [4.69, 9.17) is 41.8 Å². The fourth-order valence-corrected chi connectivity index (χ4v) is 5.09. The number of aromatic nitrogens is 1. The van der Waals surface area contributed by atoms with E-state index in [-0.39, 0.29) is 41.7 Å². The van der Waals surface area contributed by atoms with Crippen molar-refractivity contribution in [2.24, 2.45) is 5.10 Å². The highest BCUT2D eigenvalue weighted by molar-refractivity contribution is 6.35. The smallest absolute Gasteiger partial charge is 0.315 e. The van der Waals surface area contributed by atoms with Gasteiger partial charge in [-0.15, -0.1) is 0 Å². The van der Waals surface area contributed by atoms with Crippen LogP contribution in [0.4, 0.5) is 5.69 Å². The molecule has 3 aromatic carbocycles. The van der Waals surface area contributed by atoms with Crippen molar-refractivity contribution in [2.45, 2.75) is 27.1 Å². The molecule has 0 atom stereocenters. The average Bonchev–Trinajstić information content (AvgIpc) is 3.65. The molecule has 1 N–H and O–H groups in total. The number of methoxy groups -OCH3 is 1. The summed E-state index contributed by atoms with van der Waals surface area (Å²) in [5.74, 6) is 0.474. The van der Waals surface area contributed by atoms with Crippen molar-refractivity contribution in [3.05, 3.63) is 133 Å². The molecular formula is C33H28Cl2N4O7. The number of furan rings is 1. The van der Waals surface area contributed by atoms with Gasteiger partial charge in [-0.05, 0) is 80.6 Å². The molecule has 0 saturated heterocycles. The van der Waals surface area contributed by atoms with E-state index in [2.05, 4.69) is 27.2 Å². The van der Waals surface area contributed by atoms with Gasteiger partial charge < -0.3 is 23.2 Å². The number of nitro benzene ring substituents is 1. The van der Waals surface area contributed by atoms with Crippen molar-refractivity contribution < 1.29 is 28.3 Å². The summed E-state index contributed by atoms with van der Waals surface area (Å²) < 4.78 is 24.6. The zero-order valence-electron chi connectivity index (χ0n) is 25.0. The number of nitrogens with zero attached hydrogens (tertiary/aromatic N) is 3. The second kappa shape index (κ2) is 14.2. The highest BCUT2D eigenvalue weighted by Gasteiger charge is 2.23. The number of hydrogen-bond donors (Lipinski definition) is 1. The molecule has 5 rings (SSSR count). The van der Waals surface area contributed by atoms with E-state index in [9.17, 15) is 14.9 Å². The third-order valence-corrected chi connectivity index (χ3v) is 7.46. The minimum Gasteiger partial charge on any atom is -0.493 e. The number of carbonyl (C=O) groups excluding carboxylic acids is 1. The molecule has 13 heteroatoms. The van der Waals surface area contributed by atoms with E-state index in [1.165, 1.54) is 31.5 Å². The number of nitro groups is 1. The van der Waals surface area contributed by atoms with Crippen LogP contribution in [0.25, 0.3) is 5.69 Å². The molecule has 0 radical (unpaired) electrons. The zero-order chi connectivity index (χ0) is 32.8. The van der Waals surface area contributed by atoms with Crippen LogP contribution in [0.15, 0.2) is 88.4 Å². The Hall–Kier alpha value is -5.26. The van der Waals surface area contributed by atoms with Gasteiger partial charge >= 0.3 is 11.6 Å². The molecule has 0 aliphatic rings. The summed E-state index contributed by atoms with van der Waals surface area (Å²) in [5.41, 5.74) is 6.15. The lowest BCUT2D eigenvalue weighted by Gasteiger charge is -2.12. The largest absolute Gasteiger partial charge is 0.493 e. The second-order valence-electron chi connectivity index (χ2n) is 10.1. The fourth-order valence-electron chi connectivity index (χ4n) is 4.62. The van der Waals surface area contributed by atoms with Gasteiger partial charge in [-0.2, -0.15) is 5.10 Å². The van der Waals surface area contributed by atoms with E-state index in [0.717, 1.165) is 17.1 Å². The normalized spacial score (nSPS) is 11.1. The quantitative estimate of drug-likeness (QED) is 0.0818. The van der Waals surface area contributed by atoms with Crippen molar-refractivity contribution in [2.75, 3.05) is 7.11 Å². The lowest BCUT2D eigenvalue weighted by atomic mass is 10.1. The van der Waals surface area contributed by atoms with Crippen LogP contribution in [0.2, 0.25) is 10.0 Å². The Bertz CT molecular complexity index is 1900. The first-order chi connectivity index (χ1) is 22.1. The molecular weight excluding hydrogens is 635 g/mol. The van der Waals surface area contributed by atoms with Crippen molar-refractivity contribution in [3.63, 3.8) is 0 Å². The third kappa shape index (κ3) is 7.51. The van der Waals surface area contributed by atoms with Gasteiger partial charge in [0.2, 0.25) is 5.75 Å². The minimum atomic E-state index is -0.620. The molecule has 46 heavy (non-hydrogen) atoms. The number of rotatable bonds is 12. The predicted molar refractivity (Wildman–Crippen MR) is 174 cm³/mol. The van der Waals surface area contributed by atoms with Crippen LogP contribution in [-0.4, -0.2) is 28.7 Å². The number of halogens is 2. The third-order valence-electron chi connectivity index (χ3n) is 6.87. The molecule has 0 unspecified atom stereocenters. The van der Waals surface area contributed by atoms with Crippen LogP contribution in [0.3, 0.4) is 0 Å². The molecule has 5 aromatic rings. The summed E-state index contributed by atoms with van der Waals surface area (Å²) in [7, 11) is 1.35. The van der Waals surface area contributed by atoms with Gasteiger partial charge in [-0.1, -0.05) is 29.3 Å². The Morgan fingerprint density at radius 1 is 0.978 bits per heavy atom. The van der Waals surface area contributed by atoms with E-state index >= 15 is 0 Å². The molecule has 2 aromatic heterocycles. The van der Waals surface area contributed by atoms with Crippen LogP contribution >= 0.6 is 23.2 Å². The molecule has 0 fully saturated rings. The van der Waals surface area contributed by atoms with E-state index < -0.39 is 10.8 Å². The summed E-state index contributed by atoms with van der Waals surface area (Å²) >= 11 is 12.1. The number of benzene rings is 3. The zero-order valence-corrected chi connectivity index (χ0v) is 26.5. The topological polar surface area (TPSA) is 130 Å². The van der Waals surface area contributed by atoms with Gasteiger partial charge in [0.15, 0.2) is 11.5 Å². The SMILES string of the molecule is COc1cc(/C=N/NC(=O)c2ccc(COc3ccc(-n4c(C)ccc4C)cc3)o2)cc([N+](=O)[O-])c1OCc1ccc(Cl)cc1Cl. The molecule has 236 valence electrons. The number of hydrazone groups is 1. The van der Waals surface area contributed by atoms with Crippen LogP contribution in [-0.2, 0) is 13.2 Å². The van der Waals surface area contributed by atoms with Gasteiger partial charge in [-0.25, -0.2) is 5.43 Å². The van der Waals surface area contributed by atoms with E-state index in [1.807, 2.05) is 38.1 Å². The first kappa shape index (κ1) is 32.1. The number of ether oxygens (including phenoxy) is 3. The molecule has 1 amide bonds. The maximum atomic E-state index is 12.6. The van der Waals surface area contributed by atoms with Crippen molar-refractivity contribution in [3.8, 4) is 22.9 Å². The van der Waals surface area contributed by atoms with Crippen LogP contribution in [0.1, 0.15) is 38.8 Å². The Labute approximate surface area is 274 Å².